The van der Waals surface area contributed by atoms with E-state index in [2.05, 4.69) is 20.2 Å². The quantitative estimate of drug-likeness (QED) is 0.906. The average Bonchev–Trinajstić information content (AvgIpc) is 2.50. The molecule has 2 aromatic rings. The van der Waals surface area contributed by atoms with Crippen LogP contribution in [-0.4, -0.2) is 34.6 Å². The van der Waals surface area contributed by atoms with Crippen LogP contribution in [0.25, 0.3) is 0 Å². The lowest BCUT2D eigenvalue weighted by Gasteiger charge is -2.33. The maximum atomic E-state index is 11.2. The van der Waals surface area contributed by atoms with E-state index in [1.54, 1.807) is 18.3 Å². The highest BCUT2D eigenvalue weighted by Gasteiger charge is 2.25. The molecule has 22 heavy (non-hydrogen) atoms. The molecule has 0 fully saturated rings. The van der Waals surface area contributed by atoms with E-state index < -0.39 is 5.97 Å². The molecule has 1 atom stereocenters. The molecule has 1 aliphatic heterocycles. The Balaban J connectivity index is 1.96. The van der Waals surface area contributed by atoms with Crippen molar-refractivity contribution in [3.05, 3.63) is 47.3 Å². The number of rotatable bonds is 3. The second kappa shape index (κ2) is 5.63. The van der Waals surface area contributed by atoms with Crippen molar-refractivity contribution in [2.45, 2.75) is 19.4 Å². The molecule has 114 valence electrons. The number of carboxylic acids is 1. The summed E-state index contributed by atoms with van der Waals surface area (Å²) >= 11 is 0. The molecule has 0 saturated heterocycles. The second-order valence-electron chi connectivity index (χ2n) is 5.51. The number of hydrogen-bond acceptors (Lipinski definition) is 5. The summed E-state index contributed by atoms with van der Waals surface area (Å²) in [6, 6.07) is 7.09. The predicted octanol–water partition coefficient (Wildman–Crippen LogP) is 2.48. The first kappa shape index (κ1) is 14.3. The minimum absolute atomic E-state index is 0.00676. The molecule has 1 aromatic carbocycles. The zero-order valence-electron chi connectivity index (χ0n) is 12.6. The molecule has 0 aliphatic carbocycles. The highest BCUT2D eigenvalue weighted by Crippen LogP contribution is 2.35. The zero-order chi connectivity index (χ0) is 15.7. The molecular formula is C16H18N4O2. The minimum Gasteiger partial charge on any atom is -0.478 e. The highest BCUT2D eigenvalue weighted by atomic mass is 16.4. The van der Waals surface area contributed by atoms with Gasteiger partial charge in [0.25, 0.3) is 0 Å². The number of nitrogens with one attached hydrogen (secondary N) is 1. The Bertz CT molecular complexity index is 717. The average molecular weight is 298 g/mol. The van der Waals surface area contributed by atoms with Gasteiger partial charge in [0.15, 0.2) is 0 Å². The lowest BCUT2D eigenvalue weighted by molar-refractivity contribution is 0.0696. The number of aryl methyl sites for hydroxylation is 1. The minimum atomic E-state index is -0.915. The summed E-state index contributed by atoms with van der Waals surface area (Å²) in [5, 5.41) is 12.5. The number of aromatic nitrogens is 2. The van der Waals surface area contributed by atoms with Crippen LogP contribution in [0.15, 0.2) is 30.5 Å². The summed E-state index contributed by atoms with van der Waals surface area (Å²) in [7, 11) is 2.01. The number of carboxylic acid groups (broad SMARTS) is 1. The van der Waals surface area contributed by atoms with Crippen molar-refractivity contribution >= 4 is 17.6 Å². The largest absolute Gasteiger partial charge is 0.478 e. The van der Waals surface area contributed by atoms with Crippen LogP contribution in [0.3, 0.4) is 0 Å². The fourth-order valence-electron chi connectivity index (χ4n) is 2.74. The van der Waals surface area contributed by atoms with Crippen LogP contribution in [0.1, 0.15) is 34.1 Å². The number of carbonyl (C=O) groups is 1. The fourth-order valence-corrected chi connectivity index (χ4v) is 2.74. The first-order valence-corrected chi connectivity index (χ1v) is 7.19. The second-order valence-corrected chi connectivity index (χ2v) is 5.51. The van der Waals surface area contributed by atoms with E-state index in [9.17, 15) is 9.90 Å². The van der Waals surface area contributed by atoms with E-state index in [4.69, 9.17) is 0 Å². The Morgan fingerprint density at radius 3 is 2.95 bits per heavy atom. The highest BCUT2D eigenvalue weighted by molar-refractivity contribution is 5.88. The van der Waals surface area contributed by atoms with Crippen LogP contribution < -0.4 is 10.2 Å². The van der Waals surface area contributed by atoms with Gasteiger partial charge in [0.05, 0.1) is 11.6 Å². The molecule has 0 radical (unpaired) electrons. The molecule has 0 bridgehead atoms. The van der Waals surface area contributed by atoms with Crippen LogP contribution in [0.2, 0.25) is 0 Å². The Hall–Kier alpha value is -2.63. The SMILES string of the molecule is Cc1ccnc(NC2CCN(C)c3ccc(C(=O)O)cc32)n1. The number of fused-ring (bicyclic) bond motifs is 1. The van der Waals surface area contributed by atoms with Crippen molar-refractivity contribution in [1.82, 2.24) is 9.97 Å². The van der Waals surface area contributed by atoms with Gasteiger partial charge in [-0.3, -0.25) is 0 Å². The summed E-state index contributed by atoms with van der Waals surface area (Å²) in [5.74, 6) is -0.345. The first-order valence-electron chi connectivity index (χ1n) is 7.19. The van der Waals surface area contributed by atoms with E-state index in [0.29, 0.717) is 11.5 Å². The van der Waals surface area contributed by atoms with Gasteiger partial charge in [-0.05, 0) is 43.2 Å². The number of hydrogen-bond donors (Lipinski definition) is 2. The van der Waals surface area contributed by atoms with Gasteiger partial charge in [-0.1, -0.05) is 0 Å². The van der Waals surface area contributed by atoms with E-state index >= 15 is 0 Å². The molecule has 1 aromatic heterocycles. The van der Waals surface area contributed by atoms with Crippen molar-refractivity contribution < 1.29 is 9.90 Å². The number of aromatic carboxylic acids is 1. The van der Waals surface area contributed by atoms with Gasteiger partial charge < -0.3 is 15.3 Å². The molecule has 2 heterocycles. The van der Waals surface area contributed by atoms with E-state index in [-0.39, 0.29) is 6.04 Å². The monoisotopic (exact) mass is 298 g/mol. The maximum absolute atomic E-state index is 11.2. The molecule has 1 aliphatic rings. The van der Waals surface area contributed by atoms with E-state index in [1.807, 2.05) is 26.1 Å². The van der Waals surface area contributed by atoms with Gasteiger partial charge >= 0.3 is 5.97 Å². The molecule has 0 spiro atoms. The lowest BCUT2D eigenvalue weighted by atomic mass is 9.95. The van der Waals surface area contributed by atoms with Crippen LogP contribution in [0.5, 0.6) is 0 Å². The molecular weight excluding hydrogens is 280 g/mol. The van der Waals surface area contributed by atoms with Gasteiger partial charge in [-0.2, -0.15) is 0 Å². The predicted molar refractivity (Wildman–Crippen MR) is 84.4 cm³/mol. The third kappa shape index (κ3) is 2.72. The van der Waals surface area contributed by atoms with Crippen molar-refractivity contribution in [3.8, 4) is 0 Å². The Kier molecular flexibility index (Phi) is 3.66. The van der Waals surface area contributed by atoms with Crippen molar-refractivity contribution in [2.75, 3.05) is 23.8 Å². The Morgan fingerprint density at radius 1 is 1.41 bits per heavy atom. The van der Waals surface area contributed by atoms with Crippen molar-refractivity contribution in [2.24, 2.45) is 0 Å². The fraction of sp³-hybridized carbons (Fsp3) is 0.312. The van der Waals surface area contributed by atoms with E-state index in [1.165, 1.54) is 0 Å². The summed E-state index contributed by atoms with van der Waals surface area (Å²) in [6.45, 7) is 2.81. The third-order valence-corrected chi connectivity index (χ3v) is 3.91. The summed E-state index contributed by atoms with van der Waals surface area (Å²) in [6.07, 6.45) is 2.58. The molecule has 2 N–H and O–H groups in total. The Morgan fingerprint density at radius 2 is 2.23 bits per heavy atom. The molecule has 0 amide bonds. The van der Waals surface area contributed by atoms with Gasteiger partial charge in [0.2, 0.25) is 5.95 Å². The standard InChI is InChI=1S/C16H18N4O2/c1-10-5-7-17-16(18-10)19-13-6-8-20(2)14-4-3-11(15(21)22)9-12(13)14/h3-5,7,9,13H,6,8H2,1-2H3,(H,21,22)(H,17,18,19). The number of nitrogens with zero attached hydrogens (tertiary/aromatic N) is 3. The van der Waals surface area contributed by atoms with E-state index in [0.717, 1.165) is 29.9 Å². The topological polar surface area (TPSA) is 78.4 Å². The normalized spacial score (nSPS) is 17.0. The molecule has 0 saturated carbocycles. The van der Waals surface area contributed by atoms with Crippen LogP contribution >= 0.6 is 0 Å². The van der Waals surface area contributed by atoms with Crippen molar-refractivity contribution in [3.63, 3.8) is 0 Å². The van der Waals surface area contributed by atoms with Gasteiger partial charge in [-0.15, -0.1) is 0 Å². The Labute approximate surface area is 128 Å². The van der Waals surface area contributed by atoms with Crippen LogP contribution in [0.4, 0.5) is 11.6 Å². The maximum Gasteiger partial charge on any atom is 0.335 e. The number of benzene rings is 1. The smallest absolute Gasteiger partial charge is 0.335 e. The van der Waals surface area contributed by atoms with Gasteiger partial charge in [0, 0.05) is 31.2 Å². The van der Waals surface area contributed by atoms with Crippen LogP contribution in [-0.2, 0) is 0 Å². The molecule has 3 rings (SSSR count). The zero-order valence-corrected chi connectivity index (χ0v) is 12.6. The molecule has 6 heteroatoms. The lowest BCUT2D eigenvalue weighted by Crippen LogP contribution is -2.30. The van der Waals surface area contributed by atoms with Gasteiger partial charge in [0.1, 0.15) is 0 Å². The first-order chi connectivity index (χ1) is 10.5. The summed E-state index contributed by atoms with van der Waals surface area (Å²) in [5.41, 5.74) is 3.20. The summed E-state index contributed by atoms with van der Waals surface area (Å²) < 4.78 is 0. The van der Waals surface area contributed by atoms with Crippen LogP contribution in [0, 0.1) is 6.92 Å². The summed E-state index contributed by atoms with van der Waals surface area (Å²) in [4.78, 5) is 21.9. The molecule has 6 nitrogen and oxygen atoms in total. The van der Waals surface area contributed by atoms with Crippen molar-refractivity contribution in [1.29, 1.82) is 0 Å². The third-order valence-electron chi connectivity index (χ3n) is 3.91. The van der Waals surface area contributed by atoms with Gasteiger partial charge in [-0.25, -0.2) is 14.8 Å². The molecule has 1 unspecified atom stereocenters. The number of anilines is 2.